The molecule has 2 heterocycles. The van der Waals surface area contributed by atoms with E-state index in [0.29, 0.717) is 11.1 Å². The van der Waals surface area contributed by atoms with Crippen molar-refractivity contribution < 1.29 is 4.79 Å². The van der Waals surface area contributed by atoms with Crippen LogP contribution >= 0.6 is 0 Å². The number of rotatable bonds is 3. The van der Waals surface area contributed by atoms with E-state index in [1.54, 1.807) is 18.6 Å². The van der Waals surface area contributed by atoms with Crippen LogP contribution in [0.1, 0.15) is 28.4 Å². The fraction of sp³-hybridized carbons (Fsp3) is 0.125. The molecule has 0 spiro atoms. The average molecular weight is 250 g/mol. The Morgan fingerprint density at radius 1 is 1.21 bits per heavy atom. The molecule has 3 rings (SSSR count). The van der Waals surface area contributed by atoms with Gasteiger partial charge in [-0.2, -0.15) is 0 Å². The molecule has 2 aromatic heterocycles. The molecule has 19 heavy (non-hydrogen) atoms. The van der Waals surface area contributed by atoms with E-state index in [-0.39, 0.29) is 5.78 Å². The minimum absolute atomic E-state index is 0.0295. The summed E-state index contributed by atoms with van der Waals surface area (Å²) in [5.41, 5.74) is 3.55. The van der Waals surface area contributed by atoms with Gasteiger partial charge in [-0.1, -0.05) is 31.2 Å². The first-order valence-corrected chi connectivity index (χ1v) is 6.34. The fourth-order valence-corrected chi connectivity index (χ4v) is 2.20. The molecule has 0 fully saturated rings. The summed E-state index contributed by atoms with van der Waals surface area (Å²) >= 11 is 0. The van der Waals surface area contributed by atoms with E-state index in [1.807, 2.05) is 30.3 Å². The number of carbonyl (C=O) groups excluding carboxylic acids is 1. The normalized spacial score (nSPS) is 10.8. The van der Waals surface area contributed by atoms with E-state index in [4.69, 9.17) is 0 Å². The SMILES string of the molecule is CCc1ccc(C(=O)c2c[nH]c3ccncc23)cc1. The number of benzene rings is 1. The van der Waals surface area contributed by atoms with Gasteiger partial charge in [0.15, 0.2) is 5.78 Å². The number of ketones is 1. The van der Waals surface area contributed by atoms with Crippen molar-refractivity contribution in [1.29, 1.82) is 0 Å². The number of nitrogens with zero attached hydrogens (tertiary/aromatic N) is 1. The molecule has 0 aliphatic carbocycles. The van der Waals surface area contributed by atoms with Crippen LogP contribution in [0.2, 0.25) is 0 Å². The minimum Gasteiger partial charge on any atom is -0.360 e. The first-order chi connectivity index (χ1) is 9.29. The van der Waals surface area contributed by atoms with Crippen molar-refractivity contribution in [2.75, 3.05) is 0 Å². The van der Waals surface area contributed by atoms with E-state index in [0.717, 1.165) is 17.3 Å². The van der Waals surface area contributed by atoms with Gasteiger partial charge in [-0.05, 0) is 18.1 Å². The van der Waals surface area contributed by atoms with Gasteiger partial charge in [-0.15, -0.1) is 0 Å². The third-order valence-electron chi connectivity index (χ3n) is 3.35. The Hall–Kier alpha value is -2.42. The van der Waals surface area contributed by atoms with Gasteiger partial charge in [0.05, 0.1) is 0 Å². The lowest BCUT2D eigenvalue weighted by Crippen LogP contribution is -2.00. The quantitative estimate of drug-likeness (QED) is 0.724. The third-order valence-corrected chi connectivity index (χ3v) is 3.35. The van der Waals surface area contributed by atoms with Crippen molar-refractivity contribution in [3.05, 3.63) is 65.6 Å². The Labute approximate surface area is 111 Å². The van der Waals surface area contributed by atoms with E-state index in [9.17, 15) is 4.79 Å². The maximum Gasteiger partial charge on any atom is 0.195 e. The van der Waals surface area contributed by atoms with Crippen LogP contribution in [0.25, 0.3) is 10.9 Å². The van der Waals surface area contributed by atoms with Gasteiger partial charge in [0.1, 0.15) is 0 Å². The number of nitrogens with one attached hydrogen (secondary N) is 1. The average Bonchev–Trinajstić information content (AvgIpc) is 2.90. The number of H-pyrrole nitrogens is 1. The molecule has 0 amide bonds. The molecular formula is C16H14N2O. The Morgan fingerprint density at radius 3 is 2.74 bits per heavy atom. The van der Waals surface area contributed by atoms with E-state index in [1.165, 1.54) is 5.56 Å². The lowest BCUT2D eigenvalue weighted by atomic mass is 10.0. The van der Waals surface area contributed by atoms with Crippen molar-refractivity contribution in [3.63, 3.8) is 0 Å². The molecule has 3 nitrogen and oxygen atoms in total. The monoisotopic (exact) mass is 250 g/mol. The summed E-state index contributed by atoms with van der Waals surface area (Å²) < 4.78 is 0. The van der Waals surface area contributed by atoms with Crippen LogP contribution in [-0.4, -0.2) is 15.8 Å². The molecule has 3 heteroatoms. The number of carbonyl (C=O) groups is 1. The predicted molar refractivity (Wildman–Crippen MR) is 75.3 cm³/mol. The van der Waals surface area contributed by atoms with Crippen LogP contribution in [0.3, 0.4) is 0 Å². The van der Waals surface area contributed by atoms with Crippen molar-refractivity contribution in [1.82, 2.24) is 9.97 Å². The van der Waals surface area contributed by atoms with E-state index < -0.39 is 0 Å². The highest BCUT2D eigenvalue weighted by molar-refractivity contribution is 6.16. The van der Waals surface area contributed by atoms with Gasteiger partial charge in [0.25, 0.3) is 0 Å². The molecule has 94 valence electrons. The summed E-state index contributed by atoms with van der Waals surface area (Å²) in [7, 11) is 0. The summed E-state index contributed by atoms with van der Waals surface area (Å²) in [5.74, 6) is 0.0295. The zero-order chi connectivity index (χ0) is 13.2. The van der Waals surface area contributed by atoms with Gasteiger partial charge in [0, 0.05) is 40.6 Å². The molecule has 0 aliphatic heterocycles. The molecular weight excluding hydrogens is 236 g/mol. The van der Waals surface area contributed by atoms with Gasteiger partial charge >= 0.3 is 0 Å². The highest BCUT2D eigenvalue weighted by atomic mass is 16.1. The standard InChI is InChI=1S/C16H14N2O/c1-2-11-3-5-12(6-4-11)16(19)14-10-18-15-7-8-17-9-13(14)15/h3-10,18H,2H2,1H3. The Kier molecular flexibility index (Phi) is 2.88. The zero-order valence-corrected chi connectivity index (χ0v) is 10.7. The number of aromatic nitrogens is 2. The summed E-state index contributed by atoms with van der Waals surface area (Å²) in [4.78, 5) is 19.7. The number of fused-ring (bicyclic) bond motifs is 1. The molecule has 0 radical (unpaired) electrons. The summed E-state index contributed by atoms with van der Waals surface area (Å²) in [6, 6.07) is 9.64. The highest BCUT2D eigenvalue weighted by Gasteiger charge is 2.13. The van der Waals surface area contributed by atoms with Crippen molar-refractivity contribution in [2.24, 2.45) is 0 Å². The van der Waals surface area contributed by atoms with Crippen LogP contribution in [0.15, 0.2) is 48.9 Å². The van der Waals surface area contributed by atoms with Crippen LogP contribution in [0.4, 0.5) is 0 Å². The molecule has 0 unspecified atom stereocenters. The molecule has 0 atom stereocenters. The maximum absolute atomic E-state index is 12.5. The number of aryl methyl sites for hydroxylation is 1. The van der Waals surface area contributed by atoms with Crippen LogP contribution in [-0.2, 0) is 6.42 Å². The van der Waals surface area contributed by atoms with Crippen molar-refractivity contribution in [2.45, 2.75) is 13.3 Å². The van der Waals surface area contributed by atoms with Gasteiger partial charge in [-0.25, -0.2) is 0 Å². The Bertz CT molecular complexity index is 726. The molecule has 0 saturated carbocycles. The van der Waals surface area contributed by atoms with Crippen LogP contribution in [0.5, 0.6) is 0 Å². The molecule has 0 saturated heterocycles. The number of hydrogen-bond acceptors (Lipinski definition) is 2. The van der Waals surface area contributed by atoms with Crippen molar-refractivity contribution >= 4 is 16.7 Å². The number of hydrogen-bond donors (Lipinski definition) is 1. The Morgan fingerprint density at radius 2 is 2.00 bits per heavy atom. The second kappa shape index (κ2) is 4.69. The molecule has 3 aromatic rings. The zero-order valence-electron chi connectivity index (χ0n) is 10.7. The van der Waals surface area contributed by atoms with Crippen molar-refractivity contribution in [3.8, 4) is 0 Å². The fourth-order valence-electron chi connectivity index (χ4n) is 2.20. The second-order valence-electron chi connectivity index (χ2n) is 4.50. The third kappa shape index (κ3) is 2.03. The largest absolute Gasteiger partial charge is 0.360 e. The Balaban J connectivity index is 2.03. The first-order valence-electron chi connectivity index (χ1n) is 6.34. The molecule has 0 bridgehead atoms. The van der Waals surface area contributed by atoms with Gasteiger partial charge in [0.2, 0.25) is 0 Å². The van der Waals surface area contributed by atoms with Gasteiger partial charge < -0.3 is 4.98 Å². The summed E-state index contributed by atoms with van der Waals surface area (Å²) in [5, 5.41) is 0.868. The number of pyridine rings is 1. The van der Waals surface area contributed by atoms with Crippen LogP contribution < -0.4 is 0 Å². The smallest absolute Gasteiger partial charge is 0.195 e. The lowest BCUT2D eigenvalue weighted by molar-refractivity contribution is 0.104. The lowest BCUT2D eigenvalue weighted by Gasteiger charge is -2.01. The summed E-state index contributed by atoms with van der Waals surface area (Å²) in [6.45, 7) is 2.10. The topological polar surface area (TPSA) is 45.8 Å². The maximum atomic E-state index is 12.5. The predicted octanol–water partition coefficient (Wildman–Crippen LogP) is 3.36. The number of aromatic amines is 1. The molecule has 1 aromatic carbocycles. The van der Waals surface area contributed by atoms with E-state index >= 15 is 0 Å². The highest BCUT2D eigenvalue weighted by Crippen LogP contribution is 2.20. The first kappa shape index (κ1) is 11.7. The second-order valence-corrected chi connectivity index (χ2v) is 4.50. The minimum atomic E-state index is 0.0295. The van der Waals surface area contributed by atoms with Crippen LogP contribution in [0, 0.1) is 0 Å². The van der Waals surface area contributed by atoms with E-state index in [2.05, 4.69) is 16.9 Å². The summed E-state index contributed by atoms with van der Waals surface area (Å²) in [6.07, 6.45) is 6.16. The molecule has 1 N–H and O–H groups in total. The molecule has 0 aliphatic rings. The van der Waals surface area contributed by atoms with Gasteiger partial charge in [-0.3, -0.25) is 9.78 Å².